The van der Waals surface area contributed by atoms with Crippen molar-refractivity contribution in [1.29, 1.82) is 0 Å². The molecule has 0 bridgehead atoms. The van der Waals surface area contributed by atoms with E-state index in [1.807, 2.05) is 43.9 Å². The van der Waals surface area contributed by atoms with Crippen molar-refractivity contribution in [2.24, 2.45) is 12.8 Å². The summed E-state index contributed by atoms with van der Waals surface area (Å²) in [6, 6.07) is 4.03. The van der Waals surface area contributed by atoms with Gasteiger partial charge in [0.1, 0.15) is 17.3 Å². The zero-order valence-corrected chi connectivity index (χ0v) is 11.1. The molecule has 1 atom stereocenters. The number of rotatable bonds is 5. The molecule has 0 saturated carbocycles. The highest BCUT2D eigenvalue weighted by Gasteiger charge is 2.19. The monoisotopic (exact) mass is 248 g/mol. The maximum atomic E-state index is 5.85. The van der Waals surface area contributed by atoms with E-state index in [2.05, 4.69) is 9.88 Å². The lowest BCUT2D eigenvalue weighted by molar-refractivity contribution is 0.205. The minimum Gasteiger partial charge on any atom is -0.465 e. The van der Waals surface area contributed by atoms with Crippen molar-refractivity contribution in [2.75, 3.05) is 13.6 Å². The first-order chi connectivity index (χ1) is 8.61. The summed E-state index contributed by atoms with van der Waals surface area (Å²) in [6.45, 7) is 3.20. The number of nitrogens with zero attached hydrogens (tertiary/aromatic N) is 3. The Bertz CT molecular complexity index is 503. The van der Waals surface area contributed by atoms with Crippen LogP contribution in [0.1, 0.15) is 23.4 Å². The average molecular weight is 248 g/mol. The first kappa shape index (κ1) is 12.9. The van der Waals surface area contributed by atoms with Crippen LogP contribution in [-0.4, -0.2) is 28.0 Å². The van der Waals surface area contributed by atoms with Gasteiger partial charge < -0.3 is 14.7 Å². The molecule has 0 aromatic carbocycles. The topological polar surface area (TPSA) is 60.2 Å². The van der Waals surface area contributed by atoms with E-state index in [0.717, 1.165) is 23.9 Å². The Labute approximate surface area is 107 Å². The first-order valence-electron chi connectivity index (χ1n) is 6.04. The summed E-state index contributed by atoms with van der Waals surface area (Å²) in [5.74, 6) is 2.83. The van der Waals surface area contributed by atoms with Gasteiger partial charge in [0.05, 0.1) is 12.6 Å². The van der Waals surface area contributed by atoms with E-state index in [1.165, 1.54) is 0 Å². The lowest BCUT2D eigenvalue weighted by Crippen LogP contribution is -2.30. The van der Waals surface area contributed by atoms with Crippen molar-refractivity contribution in [2.45, 2.75) is 19.5 Å². The Morgan fingerprint density at radius 1 is 1.50 bits per heavy atom. The van der Waals surface area contributed by atoms with Gasteiger partial charge in [0, 0.05) is 26.0 Å². The number of nitrogens with two attached hydrogens (primary N) is 1. The third-order valence-corrected chi connectivity index (χ3v) is 3.16. The fourth-order valence-corrected chi connectivity index (χ4v) is 2.03. The predicted molar refractivity (Wildman–Crippen MR) is 69.9 cm³/mol. The number of furan rings is 1. The third kappa shape index (κ3) is 2.63. The van der Waals surface area contributed by atoms with Crippen molar-refractivity contribution in [3.8, 4) is 0 Å². The molecule has 2 aromatic rings. The zero-order valence-electron chi connectivity index (χ0n) is 11.1. The molecule has 0 spiro atoms. The average Bonchev–Trinajstić information content (AvgIpc) is 2.91. The number of likely N-dealkylation sites (N-methyl/N-ethyl adjacent to an activating group) is 1. The van der Waals surface area contributed by atoms with Crippen molar-refractivity contribution < 1.29 is 4.42 Å². The summed E-state index contributed by atoms with van der Waals surface area (Å²) in [5.41, 5.74) is 5.85. The van der Waals surface area contributed by atoms with Gasteiger partial charge in [0.15, 0.2) is 0 Å². The number of aryl methyl sites for hydroxylation is 2. The second-order valence-electron chi connectivity index (χ2n) is 4.57. The first-order valence-corrected chi connectivity index (χ1v) is 6.04. The van der Waals surface area contributed by atoms with Gasteiger partial charge in [-0.1, -0.05) is 0 Å². The van der Waals surface area contributed by atoms with Crippen molar-refractivity contribution in [3.05, 3.63) is 41.9 Å². The standard InChI is InChI=1S/C13H20N4O/c1-10-4-5-12(18-10)11(8-14)17(3)9-13-15-6-7-16(13)2/h4-7,11H,8-9,14H2,1-3H3. The molecule has 0 aliphatic heterocycles. The van der Waals surface area contributed by atoms with Crippen LogP contribution >= 0.6 is 0 Å². The molecular weight excluding hydrogens is 228 g/mol. The van der Waals surface area contributed by atoms with Gasteiger partial charge >= 0.3 is 0 Å². The fourth-order valence-electron chi connectivity index (χ4n) is 2.03. The Morgan fingerprint density at radius 2 is 2.28 bits per heavy atom. The largest absolute Gasteiger partial charge is 0.465 e. The summed E-state index contributed by atoms with van der Waals surface area (Å²) >= 11 is 0. The molecule has 0 fully saturated rings. The van der Waals surface area contributed by atoms with Crippen LogP contribution < -0.4 is 5.73 Å². The van der Waals surface area contributed by atoms with Crippen LogP contribution in [0.2, 0.25) is 0 Å². The number of hydrogen-bond acceptors (Lipinski definition) is 4. The van der Waals surface area contributed by atoms with E-state index in [4.69, 9.17) is 10.2 Å². The second-order valence-corrected chi connectivity index (χ2v) is 4.57. The van der Waals surface area contributed by atoms with E-state index in [0.29, 0.717) is 6.54 Å². The molecular formula is C13H20N4O. The molecule has 18 heavy (non-hydrogen) atoms. The number of hydrogen-bond donors (Lipinski definition) is 1. The summed E-state index contributed by atoms with van der Waals surface area (Å²) in [5, 5.41) is 0. The maximum absolute atomic E-state index is 5.85. The second kappa shape index (κ2) is 5.37. The Kier molecular flexibility index (Phi) is 3.84. The van der Waals surface area contributed by atoms with E-state index >= 15 is 0 Å². The molecule has 0 amide bonds. The lowest BCUT2D eigenvalue weighted by Gasteiger charge is -2.24. The highest BCUT2D eigenvalue weighted by Crippen LogP contribution is 2.21. The Balaban J connectivity index is 2.11. The maximum Gasteiger partial charge on any atom is 0.122 e. The van der Waals surface area contributed by atoms with Gasteiger partial charge in [0.2, 0.25) is 0 Å². The zero-order chi connectivity index (χ0) is 13.1. The summed E-state index contributed by atoms with van der Waals surface area (Å²) in [4.78, 5) is 6.47. The van der Waals surface area contributed by atoms with E-state index < -0.39 is 0 Å². The molecule has 5 heteroatoms. The van der Waals surface area contributed by atoms with Gasteiger partial charge in [-0.2, -0.15) is 0 Å². The van der Waals surface area contributed by atoms with Crippen LogP contribution in [0.4, 0.5) is 0 Å². The molecule has 98 valence electrons. The third-order valence-electron chi connectivity index (χ3n) is 3.16. The Hall–Kier alpha value is -1.59. The minimum absolute atomic E-state index is 0.0791. The summed E-state index contributed by atoms with van der Waals surface area (Å²) in [6.07, 6.45) is 3.75. The van der Waals surface area contributed by atoms with Crippen LogP contribution in [0.25, 0.3) is 0 Å². The van der Waals surface area contributed by atoms with Crippen LogP contribution in [-0.2, 0) is 13.6 Å². The van der Waals surface area contributed by atoms with E-state index in [9.17, 15) is 0 Å². The van der Waals surface area contributed by atoms with Gasteiger partial charge in [0.25, 0.3) is 0 Å². The Morgan fingerprint density at radius 3 is 2.78 bits per heavy atom. The molecule has 2 rings (SSSR count). The molecule has 0 radical (unpaired) electrons. The molecule has 2 N–H and O–H groups in total. The smallest absolute Gasteiger partial charge is 0.122 e. The molecule has 0 saturated heterocycles. The molecule has 0 aliphatic carbocycles. The predicted octanol–water partition coefficient (Wildman–Crippen LogP) is 1.45. The lowest BCUT2D eigenvalue weighted by atomic mass is 10.2. The van der Waals surface area contributed by atoms with Gasteiger partial charge in [-0.05, 0) is 26.1 Å². The van der Waals surface area contributed by atoms with Gasteiger partial charge in [-0.3, -0.25) is 4.90 Å². The minimum atomic E-state index is 0.0791. The molecule has 2 aromatic heterocycles. The van der Waals surface area contributed by atoms with Crippen LogP contribution in [0, 0.1) is 6.92 Å². The van der Waals surface area contributed by atoms with Gasteiger partial charge in [-0.15, -0.1) is 0 Å². The molecule has 5 nitrogen and oxygen atoms in total. The van der Waals surface area contributed by atoms with Crippen LogP contribution in [0.3, 0.4) is 0 Å². The molecule has 0 aliphatic rings. The van der Waals surface area contributed by atoms with E-state index in [1.54, 1.807) is 6.20 Å². The summed E-state index contributed by atoms with van der Waals surface area (Å²) < 4.78 is 7.67. The van der Waals surface area contributed by atoms with Crippen molar-refractivity contribution in [3.63, 3.8) is 0 Å². The normalized spacial score (nSPS) is 13.2. The van der Waals surface area contributed by atoms with Crippen LogP contribution in [0.15, 0.2) is 28.9 Å². The fraction of sp³-hybridized carbons (Fsp3) is 0.462. The van der Waals surface area contributed by atoms with Gasteiger partial charge in [-0.25, -0.2) is 4.98 Å². The van der Waals surface area contributed by atoms with Crippen molar-refractivity contribution in [1.82, 2.24) is 14.5 Å². The summed E-state index contributed by atoms with van der Waals surface area (Å²) in [7, 11) is 4.02. The number of aromatic nitrogens is 2. The number of imidazole rings is 1. The molecule has 1 unspecified atom stereocenters. The van der Waals surface area contributed by atoms with E-state index in [-0.39, 0.29) is 6.04 Å². The van der Waals surface area contributed by atoms with Crippen LogP contribution in [0.5, 0.6) is 0 Å². The highest BCUT2D eigenvalue weighted by molar-refractivity contribution is 5.10. The highest BCUT2D eigenvalue weighted by atomic mass is 16.3. The van der Waals surface area contributed by atoms with Crippen molar-refractivity contribution >= 4 is 0 Å². The quantitative estimate of drug-likeness (QED) is 0.870. The molecule has 2 heterocycles. The SMILES string of the molecule is Cc1ccc(C(CN)N(C)Cc2nccn2C)o1.